The maximum Gasteiger partial charge on any atom is 0.294 e. The number of benzene rings is 2. The summed E-state index contributed by atoms with van der Waals surface area (Å²) in [5.74, 6) is -1.94. The summed E-state index contributed by atoms with van der Waals surface area (Å²) in [6, 6.07) is 11.5. The molecule has 0 unspecified atom stereocenters. The summed E-state index contributed by atoms with van der Waals surface area (Å²) in [4.78, 5) is 25.7. The van der Waals surface area contributed by atoms with Crippen LogP contribution in [-0.4, -0.2) is 23.9 Å². The Morgan fingerprint density at radius 3 is 2.36 bits per heavy atom. The molecule has 1 atom stereocenters. The van der Waals surface area contributed by atoms with Crippen molar-refractivity contribution in [3.63, 3.8) is 0 Å². The molecule has 0 radical (unpaired) electrons. The zero-order valence-corrected chi connectivity index (χ0v) is 13.7. The van der Waals surface area contributed by atoms with Crippen molar-refractivity contribution >= 4 is 17.4 Å². The molecule has 5 nitrogen and oxygen atoms in total. The second kappa shape index (κ2) is 6.39. The number of amides is 1. The highest BCUT2D eigenvalue weighted by atomic mass is 19.1. The number of ether oxygens (including phenoxy) is 1. The molecule has 0 saturated heterocycles. The number of hydrogen-bond acceptors (Lipinski definition) is 4. The van der Waals surface area contributed by atoms with Crippen LogP contribution in [0.15, 0.2) is 59.9 Å². The van der Waals surface area contributed by atoms with Crippen LogP contribution < -0.4 is 9.64 Å². The number of rotatable bonds is 4. The Kier molecular flexibility index (Phi) is 4.27. The third-order valence-corrected chi connectivity index (χ3v) is 4.13. The molecule has 0 aliphatic carbocycles. The average molecular weight is 341 g/mol. The molecule has 0 bridgehead atoms. The zero-order valence-electron chi connectivity index (χ0n) is 13.7. The van der Waals surface area contributed by atoms with Gasteiger partial charge in [-0.2, -0.15) is 0 Å². The highest BCUT2D eigenvalue weighted by Gasteiger charge is 2.44. The van der Waals surface area contributed by atoms with Gasteiger partial charge in [0.25, 0.3) is 5.91 Å². The lowest BCUT2D eigenvalue weighted by Gasteiger charge is -2.27. The molecule has 3 rings (SSSR count). The summed E-state index contributed by atoms with van der Waals surface area (Å²) in [6.07, 6.45) is 0. The summed E-state index contributed by atoms with van der Waals surface area (Å²) in [7, 11) is 1.52. The molecule has 2 aromatic carbocycles. The average Bonchev–Trinajstić information content (AvgIpc) is 2.87. The van der Waals surface area contributed by atoms with Crippen molar-refractivity contribution in [3.8, 4) is 5.75 Å². The smallest absolute Gasteiger partial charge is 0.294 e. The van der Waals surface area contributed by atoms with E-state index in [4.69, 9.17) is 4.74 Å². The number of ketones is 1. The molecule has 2 aromatic rings. The van der Waals surface area contributed by atoms with Crippen molar-refractivity contribution in [1.82, 2.24) is 0 Å². The lowest BCUT2D eigenvalue weighted by atomic mass is 9.96. The van der Waals surface area contributed by atoms with E-state index in [1.54, 1.807) is 30.3 Å². The number of carbonyl (C=O) groups excluding carboxylic acids is 2. The third-order valence-electron chi connectivity index (χ3n) is 4.13. The van der Waals surface area contributed by atoms with Gasteiger partial charge in [-0.15, -0.1) is 0 Å². The quantitative estimate of drug-likeness (QED) is 0.926. The van der Waals surface area contributed by atoms with Gasteiger partial charge in [-0.1, -0.05) is 24.3 Å². The standard InChI is InChI=1S/C19H16FNO4/c1-11(22)16-17(12-7-9-13(25-2)10-8-12)21(19(24)18(16)23)15-6-4-3-5-14(15)20/h3-10,17,23H,1-2H3/t17-/m1/s1. The largest absolute Gasteiger partial charge is 0.503 e. The number of carbonyl (C=O) groups is 2. The fraction of sp³-hybridized carbons (Fsp3) is 0.158. The van der Waals surface area contributed by atoms with Gasteiger partial charge >= 0.3 is 0 Å². The number of hydrogen-bond donors (Lipinski definition) is 1. The number of aliphatic hydroxyl groups excluding tert-OH is 1. The van der Waals surface area contributed by atoms with E-state index < -0.39 is 29.3 Å². The van der Waals surface area contributed by atoms with Crippen LogP contribution in [0, 0.1) is 5.82 Å². The first-order chi connectivity index (χ1) is 12.0. The summed E-state index contributed by atoms with van der Waals surface area (Å²) in [5, 5.41) is 10.2. The van der Waals surface area contributed by atoms with Gasteiger partial charge in [0.2, 0.25) is 0 Å². The number of methoxy groups -OCH3 is 1. The number of aliphatic hydroxyl groups is 1. The molecule has 1 N–H and O–H groups in total. The minimum Gasteiger partial charge on any atom is -0.503 e. The molecule has 1 aliphatic rings. The van der Waals surface area contributed by atoms with Crippen molar-refractivity contribution < 1.29 is 23.8 Å². The SMILES string of the molecule is COc1ccc([C@@H]2C(C(C)=O)=C(O)C(=O)N2c2ccccc2F)cc1. The summed E-state index contributed by atoms with van der Waals surface area (Å²) in [6.45, 7) is 1.26. The molecular formula is C19H16FNO4. The fourth-order valence-corrected chi connectivity index (χ4v) is 2.96. The molecule has 1 aliphatic heterocycles. The van der Waals surface area contributed by atoms with E-state index in [2.05, 4.69) is 0 Å². The lowest BCUT2D eigenvalue weighted by Crippen LogP contribution is -2.31. The summed E-state index contributed by atoms with van der Waals surface area (Å²) >= 11 is 0. The zero-order chi connectivity index (χ0) is 18.1. The first-order valence-corrected chi connectivity index (χ1v) is 7.61. The highest BCUT2D eigenvalue weighted by Crippen LogP contribution is 2.41. The third kappa shape index (κ3) is 2.76. The molecular weight excluding hydrogens is 325 g/mol. The molecule has 25 heavy (non-hydrogen) atoms. The second-order valence-corrected chi connectivity index (χ2v) is 5.62. The van der Waals surface area contributed by atoms with E-state index in [1.165, 1.54) is 32.2 Å². The van der Waals surface area contributed by atoms with Gasteiger partial charge in [-0.3, -0.25) is 14.5 Å². The van der Waals surface area contributed by atoms with Crippen LogP contribution in [0.2, 0.25) is 0 Å². The Balaban J connectivity index is 2.18. The van der Waals surface area contributed by atoms with E-state index in [0.717, 1.165) is 4.90 Å². The summed E-state index contributed by atoms with van der Waals surface area (Å²) in [5.41, 5.74) is 0.501. The maximum atomic E-state index is 14.3. The molecule has 1 amide bonds. The number of Topliss-reactive ketones (excluding diaryl/α,β-unsaturated/α-hetero) is 1. The van der Waals surface area contributed by atoms with Crippen LogP contribution in [0.5, 0.6) is 5.75 Å². The Labute approximate surface area is 144 Å². The fourth-order valence-electron chi connectivity index (χ4n) is 2.96. The molecule has 0 saturated carbocycles. The normalized spacial score (nSPS) is 17.2. The van der Waals surface area contributed by atoms with Gasteiger partial charge in [0.1, 0.15) is 11.6 Å². The molecule has 0 aromatic heterocycles. The van der Waals surface area contributed by atoms with Gasteiger partial charge in [0, 0.05) is 0 Å². The first kappa shape index (κ1) is 16.7. The van der Waals surface area contributed by atoms with E-state index in [9.17, 15) is 19.1 Å². The van der Waals surface area contributed by atoms with Gasteiger partial charge < -0.3 is 9.84 Å². The Bertz CT molecular complexity index is 873. The minimum absolute atomic E-state index is 0.00359. The predicted octanol–water partition coefficient (Wildman–Crippen LogP) is 3.32. The Hall–Kier alpha value is -3.15. The number of halogens is 1. The van der Waals surface area contributed by atoms with Crippen molar-refractivity contribution in [2.45, 2.75) is 13.0 Å². The van der Waals surface area contributed by atoms with E-state index >= 15 is 0 Å². The van der Waals surface area contributed by atoms with Crippen molar-refractivity contribution in [1.29, 1.82) is 0 Å². The van der Waals surface area contributed by atoms with Crippen LogP contribution in [0.25, 0.3) is 0 Å². The number of nitrogens with zero attached hydrogens (tertiary/aromatic N) is 1. The van der Waals surface area contributed by atoms with Crippen LogP contribution >= 0.6 is 0 Å². The number of anilines is 1. The molecule has 0 spiro atoms. The predicted molar refractivity (Wildman–Crippen MR) is 90.0 cm³/mol. The van der Waals surface area contributed by atoms with E-state index in [0.29, 0.717) is 11.3 Å². The van der Waals surface area contributed by atoms with Gasteiger partial charge in [-0.05, 0) is 36.8 Å². The van der Waals surface area contributed by atoms with Gasteiger partial charge in [0.05, 0.1) is 24.4 Å². The van der Waals surface area contributed by atoms with Crippen LogP contribution in [0.4, 0.5) is 10.1 Å². The Morgan fingerprint density at radius 1 is 1.16 bits per heavy atom. The molecule has 0 fully saturated rings. The van der Waals surface area contributed by atoms with Crippen LogP contribution in [0.1, 0.15) is 18.5 Å². The maximum absolute atomic E-state index is 14.3. The van der Waals surface area contributed by atoms with Crippen molar-refractivity contribution in [2.75, 3.05) is 12.0 Å². The van der Waals surface area contributed by atoms with Crippen molar-refractivity contribution in [2.24, 2.45) is 0 Å². The first-order valence-electron chi connectivity index (χ1n) is 7.61. The second-order valence-electron chi connectivity index (χ2n) is 5.62. The van der Waals surface area contributed by atoms with Crippen molar-refractivity contribution in [3.05, 3.63) is 71.2 Å². The van der Waals surface area contributed by atoms with Gasteiger partial charge in [0.15, 0.2) is 11.5 Å². The van der Waals surface area contributed by atoms with Crippen LogP contribution in [-0.2, 0) is 9.59 Å². The van der Waals surface area contributed by atoms with E-state index in [1.807, 2.05) is 0 Å². The minimum atomic E-state index is -0.909. The highest BCUT2D eigenvalue weighted by molar-refractivity contribution is 6.16. The number of para-hydroxylation sites is 1. The topological polar surface area (TPSA) is 66.8 Å². The molecule has 128 valence electrons. The Morgan fingerprint density at radius 2 is 1.80 bits per heavy atom. The summed E-state index contributed by atoms with van der Waals surface area (Å²) < 4.78 is 19.4. The molecule has 1 heterocycles. The monoisotopic (exact) mass is 341 g/mol. The van der Waals surface area contributed by atoms with Crippen LogP contribution in [0.3, 0.4) is 0 Å². The van der Waals surface area contributed by atoms with E-state index in [-0.39, 0.29) is 11.3 Å². The molecule has 6 heteroatoms. The lowest BCUT2D eigenvalue weighted by molar-refractivity contribution is -0.117. The van der Waals surface area contributed by atoms with Gasteiger partial charge in [-0.25, -0.2) is 4.39 Å².